The Bertz CT molecular complexity index is 422. The topological polar surface area (TPSA) is 29.3 Å². The molecule has 0 aromatic heterocycles. The minimum absolute atomic E-state index is 0.340. The SMILES string of the molecule is CC1(C)CCN(C(CN)c2cccc(Br)c2)CCS1. The molecule has 0 spiro atoms. The molecule has 0 aliphatic carbocycles. The summed E-state index contributed by atoms with van der Waals surface area (Å²) in [4.78, 5) is 2.55. The molecule has 1 aromatic carbocycles. The quantitative estimate of drug-likeness (QED) is 0.908. The lowest BCUT2D eigenvalue weighted by Crippen LogP contribution is -2.35. The Kier molecular flexibility index (Phi) is 5.35. The summed E-state index contributed by atoms with van der Waals surface area (Å²) in [5.41, 5.74) is 7.36. The number of thioether (sulfide) groups is 1. The van der Waals surface area contributed by atoms with Crippen LogP contribution in [0.25, 0.3) is 0 Å². The predicted octanol–water partition coefficient (Wildman–Crippen LogP) is 3.67. The van der Waals surface area contributed by atoms with E-state index in [1.165, 1.54) is 17.7 Å². The van der Waals surface area contributed by atoms with E-state index in [4.69, 9.17) is 5.73 Å². The van der Waals surface area contributed by atoms with Crippen molar-refractivity contribution in [2.75, 3.05) is 25.4 Å². The number of nitrogens with two attached hydrogens (primary N) is 1. The van der Waals surface area contributed by atoms with Gasteiger partial charge < -0.3 is 5.73 Å². The van der Waals surface area contributed by atoms with E-state index in [2.05, 4.69) is 70.7 Å². The Morgan fingerprint density at radius 1 is 1.42 bits per heavy atom. The first-order chi connectivity index (χ1) is 9.02. The van der Waals surface area contributed by atoms with E-state index in [-0.39, 0.29) is 0 Å². The van der Waals surface area contributed by atoms with Gasteiger partial charge in [-0.05, 0) is 24.1 Å². The molecule has 1 aromatic rings. The molecule has 0 amide bonds. The van der Waals surface area contributed by atoms with Crippen LogP contribution in [0.5, 0.6) is 0 Å². The van der Waals surface area contributed by atoms with E-state index in [1.807, 2.05) is 0 Å². The van der Waals surface area contributed by atoms with Crippen LogP contribution in [-0.2, 0) is 0 Å². The van der Waals surface area contributed by atoms with Crippen LogP contribution in [0.3, 0.4) is 0 Å². The summed E-state index contributed by atoms with van der Waals surface area (Å²) in [6.07, 6.45) is 1.22. The highest BCUT2D eigenvalue weighted by atomic mass is 79.9. The molecule has 106 valence electrons. The van der Waals surface area contributed by atoms with Crippen molar-refractivity contribution in [3.63, 3.8) is 0 Å². The fourth-order valence-electron chi connectivity index (χ4n) is 2.56. The lowest BCUT2D eigenvalue weighted by molar-refractivity contribution is 0.211. The van der Waals surface area contributed by atoms with Gasteiger partial charge in [0.2, 0.25) is 0 Å². The number of nitrogens with zero attached hydrogens (tertiary/aromatic N) is 1. The Morgan fingerprint density at radius 3 is 2.89 bits per heavy atom. The third-order valence-corrected chi connectivity index (χ3v) is 5.64. The zero-order valence-corrected chi connectivity index (χ0v) is 14.1. The van der Waals surface area contributed by atoms with E-state index < -0.39 is 0 Å². The molecule has 4 heteroatoms. The fourth-order valence-corrected chi connectivity index (χ4v) is 4.09. The van der Waals surface area contributed by atoms with Crippen LogP contribution in [0.15, 0.2) is 28.7 Å². The monoisotopic (exact) mass is 342 g/mol. The standard InChI is InChI=1S/C15H23BrN2S/c1-15(2)6-7-18(8-9-19-15)14(11-17)12-4-3-5-13(16)10-12/h3-5,10,14H,6-9,11,17H2,1-2H3. The molecule has 0 bridgehead atoms. The number of halogens is 1. The third kappa shape index (κ3) is 4.22. The van der Waals surface area contributed by atoms with Crippen LogP contribution < -0.4 is 5.73 Å². The fraction of sp³-hybridized carbons (Fsp3) is 0.600. The van der Waals surface area contributed by atoms with Crippen LogP contribution >= 0.6 is 27.7 Å². The van der Waals surface area contributed by atoms with Gasteiger partial charge in [-0.3, -0.25) is 4.90 Å². The van der Waals surface area contributed by atoms with E-state index in [0.717, 1.165) is 17.6 Å². The zero-order chi connectivity index (χ0) is 13.9. The highest BCUT2D eigenvalue weighted by molar-refractivity contribution is 9.10. The molecular formula is C15H23BrN2S. The van der Waals surface area contributed by atoms with Gasteiger partial charge in [-0.1, -0.05) is 41.9 Å². The Balaban J connectivity index is 2.13. The third-order valence-electron chi connectivity index (χ3n) is 3.77. The number of benzene rings is 1. The van der Waals surface area contributed by atoms with Gasteiger partial charge in [-0.25, -0.2) is 0 Å². The van der Waals surface area contributed by atoms with Crippen molar-refractivity contribution in [1.29, 1.82) is 0 Å². The summed E-state index contributed by atoms with van der Waals surface area (Å²) in [5.74, 6) is 1.19. The van der Waals surface area contributed by atoms with Gasteiger partial charge in [0.15, 0.2) is 0 Å². The zero-order valence-electron chi connectivity index (χ0n) is 11.7. The predicted molar refractivity (Wildman–Crippen MR) is 88.7 cm³/mol. The minimum atomic E-state index is 0.340. The average Bonchev–Trinajstić information content (AvgIpc) is 2.52. The highest BCUT2D eigenvalue weighted by Crippen LogP contribution is 2.33. The van der Waals surface area contributed by atoms with Crippen molar-refractivity contribution in [1.82, 2.24) is 4.90 Å². The van der Waals surface area contributed by atoms with Gasteiger partial charge in [0.1, 0.15) is 0 Å². The first kappa shape index (κ1) is 15.4. The van der Waals surface area contributed by atoms with E-state index in [0.29, 0.717) is 17.3 Å². The number of hydrogen-bond donors (Lipinski definition) is 1. The number of rotatable bonds is 3. The first-order valence-electron chi connectivity index (χ1n) is 6.85. The molecule has 1 heterocycles. The largest absolute Gasteiger partial charge is 0.329 e. The molecule has 19 heavy (non-hydrogen) atoms. The molecular weight excluding hydrogens is 320 g/mol. The van der Waals surface area contributed by atoms with Gasteiger partial charge in [-0.15, -0.1) is 0 Å². The van der Waals surface area contributed by atoms with Crippen molar-refractivity contribution in [2.24, 2.45) is 5.73 Å². The van der Waals surface area contributed by atoms with Crippen LogP contribution in [0.1, 0.15) is 31.9 Å². The second kappa shape index (κ2) is 6.61. The summed E-state index contributed by atoms with van der Waals surface area (Å²) >= 11 is 5.63. The van der Waals surface area contributed by atoms with Crippen LogP contribution in [-0.4, -0.2) is 35.0 Å². The molecule has 1 unspecified atom stereocenters. The highest BCUT2D eigenvalue weighted by Gasteiger charge is 2.27. The minimum Gasteiger partial charge on any atom is -0.329 e. The molecule has 2 nitrogen and oxygen atoms in total. The van der Waals surface area contributed by atoms with E-state index >= 15 is 0 Å². The summed E-state index contributed by atoms with van der Waals surface area (Å²) in [6.45, 7) is 7.63. The molecule has 2 rings (SSSR count). The smallest absolute Gasteiger partial charge is 0.0471 e. The van der Waals surface area contributed by atoms with Crippen molar-refractivity contribution in [3.8, 4) is 0 Å². The molecule has 1 saturated heterocycles. The van der Waals surface area contributed by atoms with Crippen LogP contribution in [0, 0.1) is 0 Å². The molecule has 2 N–H and O–H groups in total. The molecule has 1 aliphatic heterocycles. The second-order valence-corrected chi connectivity index (χ2v) is 8.42. The summed E-state index contributed by atoms with van der Waals surface area (Å²) in [6, 6.07) is 8.88. The van der Waals surface area contributed by atoms with Crippen molar-refractivity contribution in [2.45, 2.75) is 31.1 Å². The Hall–Kier alpha value is -0.0300. The second-order valence-electron chi connectivity index (χ2n) is 5.70. The van der Waals surface area contributed by atoms with E-state index in [1.54, 1.807) is 0 Å². The van der Waals surface area contributed by atoms with Gasteiger partial charge in [0.05, 0.1) is 0 Å². The van der Waals surface area contributed by atoms with Gasteiger partial charge in [0.25, 0.3) is 0 Å². The Morgan fingerprint density at radius 2 is 2.21 bits per heavy atom. The lowest BCUT2D eigenvalue weighted by Gasteiger charge is -2.30. The molecule has 1 atom stereocenters. The summed E-state index contributed by atoms with van der Waals surface area (Å²) < 4.78 is 1.53. The van der Waals surface area contributed by atoms with Gasteiger partial charge >= 0.3 is 0 Å². The van der Waals surface area contributed by atoms with Crippen molar-refractivity contribution < 1.29 is 0 Å². The molecule has 0 radical (unpaired) electrons. The normalized spacial score (nSPS) is 21.9. The van der Waals surface area contributed by atoms with Crippen LogP contribution in [0.4, 0.5) is 0 Å². The molecule has 0 saturated carbocycles. The van der Waals surface area contributed by atoms with Crippen LogP contribution in [0.2, 0.25) is 0 Å². The molecule has 1 fully saturated rings. The van der Waals surface area contributed by atoms with Crippen molar-refractivity contribution in [3.05, 3.63) is 34.3 Å². The maximum absolute atomic E-state index is 6.04. The summed E-state index contributed by atoms with van der Waals surface area (Å²) in [5, 5.41) is 0. The maximum atomic E-state index is 6.04. The number of hydrogen-bond acceptors (Lipinski definition) is 3. The maximum Gasteiger partial charge on any atom is 0.0471 e. The average molecular weight is 343 g/mol. The lowest BCUT2D eigenvalue weighted by atomic mass is 10.0. The molecule has 1 aliphatic rings. The first-order valence-corrected chi connectivity index (χ1v) is 8.63. The van der Waals surface area contributed by atoms with Gasteiger partial charge in [-0.2, -0.15) is 11.8 Å². The van der Waals surface area contributed by atoms with Crippen molar-refractivity contribution >= 4 is 27.7 Å². The van der Waals surface area contributed by atoms with Gasteiger partial charge in [0, 0.05) is 40.6 Å². The summed E-state index contributed by atoms with van der Waals surface area (Å²) in [7, 11) is 0. The van der Waals surface area contributed by atoms with E-state index in [9.17, 15) is 0 Å². The Labute approximate surface area is 129 Å².